The van der Waals surface area contributed by atoms with Gasteiger partial charge in [-0.25, -0.2) is 0 Å². The molecule has 0 aliphatic carbocycles. The lowest BCUT2D eigenvalue weighted by atomic mass is 9.82. The molecule has 1 fully saturated rings. The Labute approximate surface area is 91.0 Å². The first-order valence-electron chi connectivity index (χ1n) is 5.46. The van der Waals surface area contributed by atoms with Crippen LogP contribution in [0.15, 0.2) is 4.99 Å². The largest absolute Gasteiger partial charge is 0.370 e. The van der Waals surface area contributed by atoms with E-state index in [1.54, 1.807) is 0 Å². The van der Waals surface area contributed by atoms with Crippen molar-refractivity contribution in [2.24, 2.45) is 21.9 Å². The lowest BCUT2D eigenvalue weighted by molar-refractivity contribution is 0.277. The molecule has 15 heavy (non-hydrogen) atoms. The van der Waals surface area contributed by atoms with Gasteiger partial charge in [-0.1, -0.05) is 13.8 Å². The Morgan fingerprint density at radius 1 is 1.40 bits per heavy atom. The molecule has 0 aromatic rings. The summed E-state index contributed by atoms with van der Waals surface area (Å²) in [7, 11) is 0. The van der Waals surface area contributed by atoms with Crippen molar-refractivity contribution in [3.8, 4) is 0 Å². The van der Waals surface area contributed by atoms with Gasteiger partial charge < -0.3 is 16.4 Å². The highest BCUT2D eigenvalue weighted by atomic mass is 15.3. The van der Waals surface area contributed by atoms with Gasteiger partial charge in [0.15, 0.2) is 5.96 Å². The average Bonchev–Trinajstić information content (AvgIpc) is 2.62. The van der Waals surface area contributed by atoms with Crippen molar-refractivity contribution in [1.29, 1.82) is 5.41 Å². The molecule has 0 atom stereocenters. The molecule has 0 amide bonds. The van der Waals surface area contributed by atoms with E-state index < -0.39 is 0 Å². The highest BCUT2D eigenvalue weighted by Crippen LogP contribution is 2.36. The van der Waals surface area contributed by atoms with Crippen LogP contribution in [0.25, 0.3) is 0 Å². The second kappa shape index (κ2) is 4.51. The van der Waals surface area contributed by atoms with Crippen LogP contribution in [-0.2, 0) is 0 Å². The zero-order chi connectivity index (χ0) is 11.5. The third-order valence-electron chi connectivity index (χ3n) is 3.47. The van der Waals surface area contributed by atoms with E-state index in [2.05, 4.69) is 18.8 Å². The maximum absolute atomic E-state index is 7.72. The highest BCUT2D eigenvalue weighted by molar-refractivity contribution is 5.91. The lowest BCUT2D eigenvalue weighted by Crippen LogP contribution is -2.33. The van der Waals surface area contributed by atoms with Crippen molar-refractivity contribution in [1.82, 2.24) is 4.90 Å². The van der Waals surface area contributed by atoms with Gasteiger partial charge in [-0.15, -0.1) is 0 Å². The molecule has 0 bridgehead atoms. The summed E-state index contributed by atoms with van der Waals surface area (Å²) < 4.78 is 0. The van der Waals surface area contributed by atoms with Gasteiger partial charge in [0.1, 0.15) is 0 Å². The molecule has 0 aromatic heterocycles. The first-order chi connectivity index (χ1) is 7.03. The van der Waals surface area contributed by atoms with E-state index in [-0.39, 0.29) is 11.9 Å². The van der Waals surface area contributed by atoms with Crippen LogP contribution in [-0.4, -0.2) is 29.9 Å². The number of likely N-dealkylation sites (tertiary alicyclic amines) is 1. The van der Waals surface area contributed by atoms with Crippen LogP contribution in [0.4, 0.5) is 0 Å². The van der Waals surface area contributed by atoms with Crippen LogP contribution in [0.5, 0.6) is 0 Å². The van der Waals surface area contributed by atoms with E-state index in [1.165, 1.54) is 0 Å². The number of nitrogens with zero attached hydrogens (tertiary/aromatic N) is 2. The Hall–Kier alpha value is -1.26. The number of hydrogen-bond donors (Lipinski definition) is 3. The third kappa shape index (κ3) is 2.61. The molecule has 0 spiro atoms. The predicted molar refractivity (Wildman–Crippen MR) is 62.7 cm³/mol. The van der Waals surface area contributed by atoms with Crippen LogP contribution in [0.1, 0.15) is 33.1 Å². The van der Waals surface area contributed by atoms with E-state index in [1.807, 2.05) is 4.90 Å². The monoisotopic (exact) mass is 211 g/mol. The molecule has 0 saturated carbocycles. The van der Waals surface area contributed by atoms with Gasteiger partial charge in [0.25, 0.3) is 0 Å². The molecule has 5 N–H and O–H groups in total. The van der Waals surface area contributed by atoms with Gasteiger partial charge in [0.2, 0.25) is 5.96 Å². The topological polar surface area (TPSA) is 91.5 Å². The number of guanidine groups is 2. The standard InChI is InChI=1S/C10H21N5/c1-3-10(4-2)5-6-15(7-10)9(13)14-8(11)12/h3-7H2,1-2H3,(H5,11,12,13,14). The third-order valence-corrected chi connectivity index (χ3v) is 3.47. The van der Waals surface area contributed by atoms with Crippen LogP contribution in [0, 0.1) is 10.8 Å². The van der Waals surface area contributed by atoms with Gasteiger partial charge in [0, 0.05) is 13.1 Å². The minimum Gasteiger partial charge on any atom is -0.370 e. The normalized spacial score (nSPS) is 18.9. The second-order valence-corrected chi connectivity index (χ2v) is 4.24. The molecule has 1 heterocycles. The van der Waals surface area contributed by atoms with Gasteiger partial charge in [-0.3, -0.25) is 5.41 Å². The smallest absolute Gasteiger partial charge is 0.221 e. The summed E-state index contributed by atoms with van der Waals surface area (Å²) in [6, 6.07) is 0. The van der Waals surface area contributed by atoms with Crippen LogP contribution >= 0.6 is 0 Å². The zero-order valence-electron chi connectivity index (χ0n) is 9.58. The predicted octanol–water partition coefficient (Wildman–Crippen LogP) is 0.707. The molecule has 0 radical (unpaired) electrons. The summed E-state index contributed by atoms with van der Waals surface area (Å²) in [6.07, 6.45) is 3.42. The number of aliphatic imine (C=N–C) groups is 1. The van der Waals surface area contributed by atoms with Gasteiger partial charge in [0.05, 0.1) is 0 Å². The SMILES string of the molecule is CCC1(CC)CCN(C(=N)N=C(N)N)C1. The lowest BCUT2D eigenvalue weighted by Gasteiger charge is -2.26. The second-order valence-electron chi connectivity index (χ2n) is 4.24. The van der Waals surface area contributed by atoms with Crippen LogP contribution in [0.3, 0.4) is 0 Å². The fraction of sp³-hybridized carbons (Fsp3) is 0.800. The molecular weight excluding hydrogens is 190 g/mol. The molecule has 1 aliphatic heterocycles. The minimum absolute atomic E-state index is 0.0366. The van der Waals surface area contributed by atoms with E-state index in [0.29, 0.717) is 5.41 Å². The van der Waals surface area contributed by atoms with Crippen molar-refractivity contribution in [2.45, 2.75) is 33.1 Å². The minimum atomic E-state index is -0.0366. The summed E-state index contributed by atoms with van der Waals surface area (Å²) >= 11 is 0. The van der Waals surface area contributed by atoms with Crippen molar-refractivity contribution in [3.05, 3.63) is 0 Å². The van der Waals surface area contributed by atoms with Crippen LogP contribution < -0.4 is 11.5 Å². The molecule has 1 saturated heterocycles. The van der Waals surface area contributed by atoms with E-state index in [9.17, 15) is 0 Å². The Balaban J connectivity index is 2.63. The van der Waals surface area contributed by atoms with Gasteiger partial charge in [-0.2, -0.15) is 4.99 Å². The van der Waals surface area contributed by atoms with E-state index in [4.69, 9.17) is 16.9 Å². The first-order valence-corrected chi connectivity index (χ1v) is 5.46. The molecule has 5 heteroatoms. The van der Waals surface area contributed by atoms with Crippen molar-refractivity contribution >= 4 is 11.9 Å². The molecule has 1 rings (SSSR count). The van der Waals surface area contributed by atoms with Gasteiger partial charge in [-0.05, 0) is 24.7 Å². The molecule has 0 aromatic carbocycles. The maximum atomic E-state index is 7.72. The van der Waals surface area contributed by atoms with E-state index >= 15 is 0 Å². The van der Waals surface area contributed by atoms with Crippen LogP contribution in [0.2, 0.25) is 0 Å². The molecule has 86 valence electrons. The summed E-state index contributed by atoms with van der Waals surface area (Å²) in [4.78, 5) is 5.73. The Kier molecular flexibility index (Phi) is 3.55. The Morgan fingerprint density at radius 3 is 2.40 bits per heavy atom. The molecular formula is C10H21N5. The van der Waals surface area contributed by atoms with Crippen molar-refractivity contribution in [2.75, 3.05) is 13.1 Å². The Morgan fingerprint density at radius 2 is 2.00 bits per heavy atom. The summed E-state index contributed by atoms with van der Waals surface area (Å²) in [5.41, 5.74) is 10.9. The molecule has 0 unspecified atom stereocenters. The number of nitrogens with one attached hydrogen (secondary N) is 1. The van der Waals surface area contributed by atoms with Crippen molar-refractivity contribution < 1.29 is 0 Å². The van der Waals surface area contributed by atoms with Crippen molar-refractivity contribution in [3.63, 3.8) is 0 Å². The summed E-state index contributed by atoms with van der Waals surface area (Å²) in [6.45, 7) is 6.20. The fourth-order valence-electron chi connectivity index (χ4n) is 2.14. The quantitative estimate of drug-likeness (QED) is 0.464. The van der Waals surface area contributed by atoms with E-state index in [0.717, 1.165) is 32.4 Å². The highest BCUT2D eigenvalue weighted by Gasteiger charge is 2.35. The van der Waals surface area contributed by atoms with Gasteiger partial charge >= 0.3 is 0 Å². The molecule has 1 aliphatic rings. The summed E-state index contributed by atoms with van der Waals surface area (Å²) in [5.74, 6) is 0.157. The number of rotatable bonds is 2. The number of nitrogens with two attached hydrogens (primary N) is 2. The molecule has 5 nitrogen and oxygen atoms in total. The Bertz CT molecular complexity index is 263. The summed E-state index contributed by atoms with van der Waals surface area (Å²) in [5, 5.41) is 7.72. The maximum Gasteiger partial charge on any atom is 0.221 e. The first kappa shape index (κ1) is 11.8. The fourth-order valence-corrected chi connectivity index (χ4v) is 2.14. The average molecular weight is 211 g/mol. The zero-order valence-corrected chi connectivity index (χ0v) is 9.58. The number of hydrogen-bond acceptors (Lipinski definition) is 1.